The number of para-hydroxylation sites is 1. The van der Waals surface area contributed by atoms with Gasteiger partial charge in [-0.3, -0.25) is 9.59 Å². The Morgan fingerprint density at radius 2 is 1.79 bits per heavy atom. The first-order chi connectivity index (χ1) is 14.0. The highest BCUT2D eigenvalue weighted by atomic mass is 19.1. The average molecular weight is 392 g/mol. The largest absolute Gasteiger partial charge is 0.322 e. The van der Waals surface area contributed by atoms with Crippen molar-refractivity contribution in [2.45, 2.75) is 39.5 Å². The molecule has 29 heavy (non-hydrogen) atoms. The molecule has 1 N–H and O–H groups in total. The summed E-state index contributed by atoms with van der Waals surface area (Å²) < 4.78 is 15.7. The molecule has 3 aromatic rings. The molecule has 1 aromatic heterocycles. The maximum atomic E-state index is 13.9. The molecule has 0 unspecified atom stereocenters. The van der Waals surface area contributed by atoms with Gasteiger partial charge in [0.15, 0.2) is 5.43 Å². The lowest BCUT2D eigenvalue weighted by molar-refractivity contribution is 0.102. The summed E-state index contributed by atoms with van der Waals surface area (Å²) >= 11 is 0. The number of unbranched alkanes of at least 4 members (excludes halogenated alkanes) is 2. The number of pyridine rings is 1. The van der Waals surface area contributed by atoms with Gasteiger partial charge < -0.3 is 9.88 Å². The SMILES string of the molecule is CCCCCc1c(C(=O)Nc2ccccc2)c(=O)cc(C)n1-c1cccc(F)c1. The van der Waals surface area contributed by atoms with E-state index in [9.17, 15) is 14.0 Å². The molecule has 0 spiro atoms. The number of carbonyl (C=O) groups is 1. The minimum atomic E-state index is -0.446. The van der Waals surface area contributed by atoms with Crippen molar-refractivity contribution in [2.75, 3.05) is 5.32 Å². The Labute approximate surface area is 170 Å². The molecule has 0 aliphatic rings. The molecular weight excluding hydrogens is 367 g/mol. The molecule has 0 aliphatic heterocycles. The number of carbonyl (C=O) groups excluding carboxylic acids is 1. The summed E-state index contributed by atoms with van der Waals surface area (Å²) in [5, 5.41) is 2.81. The first-order valence-corrected chi connectivity index (χ1v) is 9.89. The quantitative estimate of drug-likeness (QED) is 0.557. The Balaban J connectivity index is 2.14. The number of aromatic nitrogens is 1. The van der Waals surface area contributed by atoms with E-state index in [1.807, 2.05) is 22.8 Å². The van der Waals surface area contributed by atoms with Gasteiger partial charge in [-0.05, 0) is 50.1 Å². The monoisotopic (exact) mass is 392 g/mol. The molecule has 150 valence electrons. The Morgan fingerprint density at radius 3 is 2.48 bits per heavy atom. The van der Waals surface area contributed by atoms with Crippen LogP contribution in [-0.2, 0) is 6.42 Å². The molecule has 0 saturated heterocycles. The van der Waals surface area contributed by atoms with Crippen molar-refractivity contribution < 1.29 is 9.18 Å². The average Bonchev–Trinajstić information content (AvgIpc) is 2.68. The number of aryl methyl sites for hydroxylation is 1. The minimum Gasteiger partial charge on any atom is -0.322 e. The molecule has 0 radical (unpaired) electrons. The van der Waals surface area contributed by atoms with Gasteiger partial charge in [-0.1, -0.05) is 44.0 Å². The summed E-state index contributed by atoms with van der Waals surface area (Å²) in [6, 6.07) is 16.7. The zero-order valence-corrected chi connectivity index (χ0v) is 16.7. The number of nitrogens with zero attached hydrogens (tertiary/aromatic N) is 1. The lowest BCUT2D eigenvalue weighted by Crippen LogP contribution is -2.28. The molecule has 4 nitrogen and oxygen atoms in total. The molecular formula is C24H25FN2O2. The zero-order chi connectivity index (χ0) is 20.8. The molecule has 0 bridgehead atoms. The lowest BCUT2D eigenvalue weighted by atomic mass is 10.0. The smallest absolute Gasteiger partial charge is 0.261 e. The Kier molecular flexibility index (Phi) is 6.60. The highest BCUT2D eigenvalue weighted by molar-refractivity contribution is 6.05. The molecule has 5 heteroatoms. The lowest BCUT2D eigenvalue weighted by Gasteiger charge is -2.20. The van der Waals surface area contributed by atoms with Gasteiger partial charge in [-0.2, -0.15) is 0 Å². The van der Waals surface area contributed by atoms with Crippen molar-refractivity contribution in [1.29, 1.82) is 0 Å². The predicted octanol–water partition coefficient (Wildman–Crippen LogP) is 5.27. The summed E-state index contributed by atoms with van der Waals surface area (Å²) in [5.74, 6) is -0.812. The molecule has 1 heterocycles. The van der Waals surface area contributed by atoms with Crippen LogP contribution in [0.5, 0.6) is 0 Å². The summed E-state index contributed by atoms with van der Waals surface area (Å²) in [6.07, 6.45) is 3.38. The third-order valence-corrected chi connectivity index (χ3v) is 4.84. The van der Waals surface area contributed by atoms with Crippen molar-refractivity contribution >= 4 is 11.6 Å². The van der Waals surface area contributed by atoms with E-state index >= 15 is 0 Å². The Bertz CT molecular complexity index is 1060. The maximum Gasteiger partial charge on any atom is 0.261 e. The van der Waals surface area contributed by atoms with Crippen LogP contribution in [0.4, 0.5) is 10.1 Å². The minimum absolute atomic E-state index is 0.111. The highest BCUT2D eigenvalue weighted by Gasteiger charge is 2.21. The van der Waals surface area contributed by atoms with Crippen LogP contribution in [0.3, 0.4) is 0 Å². The molecule has 0 aliphatic carbocycles. The van der Waals surface area contributed by atoms with Crippen molar-refractivity contribution in [3.63, 3.8) is 0 Å². The third-order valence-electron chi connectivity index (χ3n) is 4.84. The highest BCUT2D eigenvalue weighted by Crippen LogP contribution is 2.21. The van der Waals surface area contributed by atoms with Crippen molar-refractivity contribution in [1.82, 2.24) is 4.57 Å². The van der Waals surface area contributed by atoms with E-state index in [-0.39, 0.29) is 16.8 Å². The van der Waals surface area contributed by atoms with E-state index in [2.05, 4.69) is 12.2 Å². The number of anilines is 1. The predicted molar refractivity (Wildman–Crippen MR) is 114 cm³/mol. The zero-order valence-electron chi connectivity index (χ0n) is 16.7. The fourth-order valence-corrected chi connectivity index (χ4v) is 3.51. The van der Waals surface area contributed by atoms with Crippen molar-refractivity contribution in [2.24, 2.45) is 0 Å². The number of benzene rings is 2. The number of hydrogen-bond donors (Lipinski definition) is 1. The second kappa shape index (κ2) is 9.32. The van der Waals surface area contributed by atoms with E-state index in [0.29, 0.717) is 29.2 Å². The van der Waals surface area contributed by atoms with Gasteiger partial charge in [0, 0.05) is 28.8 Å². The fourth-order valence-electron chi connectivity index (χ4n) is 3.51. The molecule has 0 atom stereocenters. The maximum absolute atomic E-state index is 13.9. The van der Waals surface area contributed by atoms with Crippen LogP contribution >= 0.6 is 0 Å². The van der Waals surface area contributed by atoms with Gasteiger partial charge in [0.2, 0.25) is 0 Å². The van der Waals surface area contributed by atoms with Crippen LogP contribution in [0.2, 0.25) is 0 Å². The second-order valence-corrected chi connectivity index (χ2v) is 7.06. The van der Waals surface area contributed by atoms with Gasteiger partial charge >= 0.3 is 0 Å². The van der Waals surface area contributed by atoms with Crippen molar-refractivity contribution in [3.05, 3.63) is 93.7 Å². The van der Waals surface area contributed by atoms with E-state index in [1.165, 1.54) is 18.2 Å². The normalized spacial score (nSPS) is 10.7. The van der Waals surface area contributed by atoms with Crippen LogP contribution < -0.4 is 10.7 Å². The first-order valence-electron chi connectivity index (χ1n) is 9.89. The summed E-state index contributed by atoms with van der Waals surface area (Å²) in [5.41, 5.74) is 2.29. The number of halogens is 1. The second-order valence-electron chi connectivity index (χ2n) is 7.06. The number of amides is 1. The summed E-state index contributed by atoms with van der Waals surface area (Å²) in [7, 11) is 0. The number of nitrogens with one attached hydrogen (secondary N) is 1. The van der Waals surface area contributed by atoms with Crippen LogP contribution in [0.25, 0.3) is 5.69 Å². The molecule has 0 saturated carbocycles. The molecule has 3 rings (SSSR count). The van der Waals surface area contributed by atoms with E-state index in [0.717, 1.165) is 19.3 Å². The standard InChI is InChI=1S/C24H25FN2O2/c1-3-4-6-14-21-23(24(29)26-19-11-7-5-8-12-19)22(28)15-17(2)27(21)20-13-9-10-18(25)16-20/h5,7-13,15-16H,3-4,6,14H2,1-2H3,(H,26,29). The van der Waals surface area contributed by atoms with E-state index < -0.39 is 5.91 Å². The Morgan fingerprint density at radius 1 is 1.03 bits per heavy atom. The van der Waals surface area contributed by atoms with Gasteiger partial charge in [-0.25, -0.2) is 4.39 Å². The van der Waals surface area contributed by atoms with Crippen LogP contribution in [-0.4, -0.2) is 10.5 Å². The van der Waals surface area contributed by atoms with Crippen LogP contribution in [0, 0.1) is 12.7 Å². The first kappa shape index (κ1) is 20.5. The topological polar surface area (TPSA) is 51.1 Å². The van der Waals surface area contributed by atoms with Crippen LogP contribution in [0.15, 0.2) is 65.5 Å². The molecule has 2 aromatic carbocycles. The number of hydrogen-bond acceptors (Lipinski definition) is 2. The molecule has 1 amide bonds. The fraction of sp³-hybridized carbons (Fsp3) is 0.250. The van der Waals surface area contributed by atoms with Crippen LogP contribution in [0.1, 0.15) is 47.9 Å². The van der Waals surface area contributed by atoms with Gasteiger partial charge in [0.05, 0.1) is 0 Å². The summed E-state index contributed by atoms with van der Waals surface area (Å²) in [4.78, 5) is 25.9. The van der Waals surface area contributed by atoms with Gasteiger partial charge in [-0.15, -0.1) is 0 Å². The van der Waals surface area contributed by atoms with Gasteiger partial charge in [0.25, 0.3) is 5.91 Å². The van der Waals surface area contributed by atoms with Crippen molar-refractivity contribution in [3.8, 4) is 5.69 Å². The molecule has 0 fully saturated rings. The third kappa shape index (κ3) is 4.80. The summed E-state index contributed by atoms with van der Waals surface area (Å²) in [6.45, 7) is 3.90. The number of rotatable bonds is 7. The van der Waals surface area contributed by atoms with E-state index in [4.69, 9.17) is 0 Å². The van der Waals surface area contributed by atoms with E-state index in [1.54, 1.807) is 31.2 Å². The van der Waals surface area contributed by atoms with Gasteiger partial charge in [0.1, 0.15) is 11.4 Å². The Hall–Kier alpha value is -3.21.